The van der Waals surface area contributed by atoms with Gasteiger partial charge in [-0.3, -0.25) is 9.79 Å². The number of ether oxygens (including phenoxy) is 1. The lowest BCUT2D eigenvalue weighted by Gasteiger charge is -2.14. The summed E-state index contributed by atoms with van der Waals surface area (Å²) >= 11 is 1.39. The van der Waals surface area contributed by atoms with Crippen LogP contribution in [0.25, 0.3) is 0 Å². The highest BCUT2D eigenvalue weighted by Crippen LogP contribution is 2.40. The molecule has 1 N–H and O–H groups in total. The van der Waals surface area contributed by atoms with Crippen molar-refractivity contribution in [3.8, 4) is 0 Å². The van der Waals surface area contributed by atoms with E-state index in [0.29, 0.717) is 11.3 Å². The third-order valence-electron chi connectivity index (χ3n) is 5.23. The lowest BCUT2D eigenvalue weighted by Crippen LogP contribution is -2.19. The van der Waals surface area contributed by atoms with Crippen molar-refractivity contribution >= 4 is 40.1 Å². The summed E-state index contributed by atoms with van der Waals surface area (Å²) in [4.78, 5) is 34.4. The molecular weight excluding hydrogens is 398 g/mol. The zero-order valence-electron chi connectivity index (χ0n) is 16.8. The molecule has 4 rings (SSSR count). The van der Waals surface area contributed by atoms with Crippen LogP contribution in [0.5, 0.6) is 0 Å². The molecule has 30 heavy (non-hydrogen) atoms. The number of amides is 1. The summed E-state index contributed by atoms with van der Waals surface area (Å²) in [5.74, 6) is -0.518. The molecule has 1 heterocycles. The molecular formula is C23H23N3O3S. The summed E-state index contributed by atoms with van der Waals surface area (Å²) in [6, 6.07) is 16.8. The molecule has 2 aromatic carbocycles. The van der Waals surface area contributed by atoms with E-state index in [1.807, 2.05) is 30.3 Å². The maximum absolute atomic E-state index is 12.6. The highest BCUT2D eigenvalue weighted by molar-refractivity contribution is 8.16. The molecule has 0 unspecified atom stereocenters. The fourth-order valence-electron chi connectivity index (χ4n) is 3.77. The van der Waals surface area contributed by atoms with Crippen molar-refractivity contribution in [2.45, 2.75) is 31.3 Å². The number of methoxy groups -OCH3 is 1. The average Bonchev–Trinajstić information content (AvgIpc) is 3.39. The van der Waals surface area contributed by atoms with E-state index in [2.05, 4.69) is 5.32 Å². The van der Waals surface area contributed by atoms with Gasteiger partial charge in [-0.05, 0) is 37.8 Å². The van der Waals surface area contributed by atoms with Gasteiger partial charge in [0.25, 0.3) is 0 Å². The normalized spacial score (nSPS) is 16.8. The van der Waals surface area contributed by atoms with Gasteiger partial charge < -0.3 is 10.1 Å². The van der Waals surface area contributed by atoms with E-state index in [4.69, 9.17) is 14.7 Å². The Labute approximate surface area is 179 Å². The van der Waals surface area contributed by atoms with Crippen LogP contribution in [0.4, 0.5) is 5.69 Å². The third kappa shape index (κ3) is 4.31. The Kier molecular flexibility index (Phi) is 5.99. The second-order valence-electron chi connectivity index (χ2n) is 7.31. The van der Waals surface area contributed by atoms with Crippen LogP contribution in [0.2, 0.25) is 0 Å². The number of aliphatic imine (C=N–C) groups is 2. The number of para-hydroxylation sites is 1. The van der Waals surface area contributed by atoms with Gasteiger partial charge in [0, 0.05) is 5.56 Å². The Bertz CT molecular complexity index is 1010. The second-order valence-corrected chi connectivity index (χ2v) is 8.27. The molecule has 2 aliphatic rings. The van der Waals surface area contributed by atoms with Gasteiger partial charge in [0.15, 0.2) is 5.66 Å². The molecule has 0 aromatic heterocycles. The lowest BCUT2D eigenvalue weighted by molar-refractivity contribution is -0.113. The number of benzene rings is 2. The average molecular weight is 422 g/mol. The molecule has 0 bridgehead atoms. The first-order valence-corrected chi connectivity index (χ1v) is 10.9. The first kappa shape index (κ1) is 20.3. The molecule has 1 spiro atoms. The topological polar surface area (TPSA) is 80.1 Å². The van der Waals surface area contributed by atoms with E-state index in [1.54, 1.807) is 24.3 Å². The number of anilines is 1. The summed E-state index contributed by atoms with van der Waals surface area (Å²) in [7, 11) is 1.32. The van der Waals surface area contributed by atoms with E-state index < -0.39 is 5.97 Å². The molecule has 0 radical (unpaired) electrons. The number of rotatable bonds is 5. The highest BCUT2D eigenvalue weighted by atomic mass is 32.2. The Morgan fingerprint density at radius 2 is 1.73 bits per heavy atom. The monoisotopic (exact) mass is 421 g/mol. The van der Waals surface area contributed by atoms with Gasteiger partial charge in [-0.2, -0.15) is 0 Å². The number of nitrogens with zero attached hydrogens (tertiary/aromatic N) is 2. The molecule has 1 aliphatic carbocycles. The molecule has 1 aliphatic heterocycles. The van der Waals surface area contributed by atoms with Crippen LogP contribution in [0, 0.1) is 0 Å². The number of hydrogen-bond donors (Lipinski definition) is 1. The lowest BCUT2D eigenvalue weighted by atomic mass is 10.1. The molecule has 1 fully saturated rings. The van der Waals surface area contributed by atoms with Gasteiger partial charge in [-0.15, -0.1) is 0 Å². The number of thioether (sulfide) groups is 1. The zero-order valence-corrected chi connectivity index (χ0v) is 17.6. The molecule has 1 saturated carbocycles. The van der Waals surface area contributed by atoms with Crippen LogP contribution in [0.15, 0.2) is 64.6 Å². The molecule has 154 valence electrons. The van der Waals surface area contributed by atoms with Crippen LogP contribution in [0.3, 0.4) is 0 Å². The number of carbonyl (C=O) groups excluding carboxylic acids is 2. The minimum Gasteiger partial charge on any atom is -0.465 e. The van der Waals surface area contributed by atoms with Crippen molar-refractivity contribution in [3.05, 3.63) is 65.7 Å². The van der Waals surface area contributed by atoms with E-state index in [9.17, 15) is 9.59 Å². The maximum Gasteiger partial charge on any atom is 0.339 e. The summed E-state index contributed by atoms with van der Waals surface area (Å²) in [6.07, 6.45) is 4.15. The van der Waals surface area contributed by atoms with Crippen molar-refractivity contribution in [1.82, 2.24) is 0 Å². The first-order valence-electron chi connectivity index (χ1n) is 9.96. The minimum absolute atomic E-state index is 0.177. The summed E-state index contributed by atoms with van der Waals surface area (Å²) < 4.78 is 4.79. The van der Waals surface area contributed by atoms with Crippen molar-refractivity contribution < 1.29 is 14.3 Å². The van der Waals surface area contributed by atoms with Gasteiger partial charge in [0.05, 0.1) is 29.8 Å². The van der Waals surface area contributed by atoms with E-state index in [1.165, 1.54) is 18.9 Å². The molecule has 1 amide bonds. The smallest absolute Gasteiger partial charge is 0.339 e. The standard InChI is InChI=1S/C23H23N3O3S/c1-29-22(28)17-11-5-6-12-18(17)24-19(27)15-30-21-20(16-9-3-2-4-10-16)25-23(26-21)13-7-8-14-23/h2-6,9-12H,7-8,13-15H2,1H3,(H,24,27). The Balaban J connectivity index is 1.48. The quantitative estimate of drug-likeness (QED) is 0.730. The van der Waals surface area contributed by atoms with Crippen LogP contribution >= 0.6 is 11.8 Å². The Hall–Kier alpha value is -2.93. The highest BCUT2D eigenvalue weighted by Gasteiger charge is 2.39. The van der Waals surface area contributed by atoms with Crippen LogP contribution in [-0.2, 0) is 9.53 Å². The molecule has 2 aromatic rings. The predicted octanol–water partition coefficient (Wildman–Crippen LogP) is 4.32. The van der Waals surface area contributed by atoms with Crippen molar-refractivity contribution in [2.75, 3.05) is 18.2 Å². The minimum atomic E-state index is -0.486. The fourth-order valence-corrected chi connectivity index (χ4v) is 4.65. The zero-order chi connectivity index (χ0) is 21.0. The van der Waals surface area contributed by atoms with E-state index >= 15 is 0 Å². The maximum atomic E-state index is 12.6. The summed E-state index contributed by atoms with van der Waals surface area (Å²) in [5, 5.41) is 3.61. The first-order chi connectivity index (χ1) is 14.6. The largest absolute Gasteiger partial charge is 0.465 e. The fraction of sp³-hybridized carbons (Fsp3) is 0.304. The number of nitrogens with one attached hydrogen (secondary N) is 1. The summed E-state index contributed by atoms with van der Waals surface area (Å²) in [6.45, 7) is 0. The van der Waals surface area contributed by atoms with E-state index in [0.717, 1.165) is 42.0 Å². The molecule has 7 heteroatoms. The molecule has 0 atom stereocenters. The van der Waals surface area contributed by atoms with Crippen LogP contribution in [0.1, 0.15) is 41.6 Å². The van der Waals surface area contributed by atoms with Crippen LogP contribution < -0.4 is 5.32 Å². The third-order valence-corrected chi connectivity index (χ3v) is 6.19. The van der Waals surface area contributed by atoms with Gasteiger partial charge in [-0.1, -0.05) is 54.2 Å². The van der Waals surface area contributed by atoms with Crippen molar-refractivity contribution in [2.24, 2.45) is 9.98 Å². The van der Waals surface area contributed by atoms with Gasteiger partial charge in [0.1, 0.15) is 5.04 Å². The molecule has 6 nitrogen and oxygen atoms in total. The predicted molar refractivity (Wildman–Crippen MR) is 120 cm³/mol. The van der Waals surface area contributed by atoms with Gasteiger partial charge in [0.2, 0.25) is 5.91 Å². The van der Waals surface area contributed by atoms with Crippen LogP contribution in [-0.4, -0.2) is 41.2 Å². The Morgan fingerprint density at radius 3 is 2.47 bits per heavy atom. The van der Waals surface area contributed by atoms with E-state index in [-0.39, 0.29) is 17.3 Å². The molecule has 0 saturated heterocycles. The van der Waals surface area contributed by atoms with Gasteiger partial charge in [-0.25, -0.2) is 9.79 Å². The van der Waals surface area contributed by atoms with Gasteiger partial charge >= 0.3 is 5.97 Å². The van der Waals surface area contributed by atoms with Crippen molar-refractivity contribution in [3.63, 3.8) is 0 Å². The number of esters is 1. The van der Waals surface area contributed by atoms with Crippen molar-refractivity contribution in [1.29, 1.82) is 0 Å². The second kappa shape index (κ2) is 8.83. The Morgan fingerprint density at radius 1 is 1.03 bits per heavy atom. The summed E-state index contributed by atoms with van der Waals surface area (Å²) in [5.41, 5.74) is 2.29. The number of carbonyl (C=O) groups is 2. The SMILES string of the molecule is COC(=O)c1ccccc1NC(=O)CSC1=NC2(CCCC2)N=C1c1ccccc1. The number of hydrogen-bond acceptors (Lipinski definition) is 6.